The van der Waals surface area contributed by atoms with Crippen molar-refractivity contribution in [2.45, 2.75) is 18.2 Å². The van der Waals surface area contributed by atoms with Crippen LogP contribution in [0.5, 0.6) is 0 Å². The molecule has 1 aromatic rings. The lowest BCUT2D eigenvalue weighted by Gasteiger charge is -2.03. The maximum absolute atomic E-state index is 11.7. The highest BCUT2D eigenvalue weighted by atomic mass is 35.5. The van der Waals surface area contributed by atoms with Gasteiger partial charge in [-0.1, -0.05) is 23.2 Å². The number of hydrogen-bond donors (Lipinski definition) is 0. The van der Waals surface area contributed by atoms with E-state index in [9.17, 15) is 9.00 Å². The lowest BCUT2D eigenvalue weighted by molar-refractivity contribution is -0.116. The van der Waals surface area contributed by atoms with Crippen LogP contribution in [-0.4, -0.2) is 15.7 Å². The summed E-state index contributed by atoms with van der Waals surface area (Å²) in [7, 11) is -1.26. The molecule has 0 N–H and O–H groups in total. The Morgan fingerprint density at radius 2 is 2.07 bits per heavy atom. The first-order valence-electron chi connectivity index (χ1n) is 4.33. The van der Waals surface area contributed by atoms with Crippen LogP contribution in [0.3, 0.4) is 0 Å². The first-order chi connectivity index (χ1) is 7.00. The average molecular weight is 265 g/mol. The largest absolute Gasteiger partial charge is 0.300 e. The van der Waals surface area contributed by atoms with Crippen molar-refractivity contribution < 1.29 is 9.00 Å². The molecule has 1 unspecified atom stereocenters. The third-order valence-corrected chi connectivity index (χ3v) is 3.86. The van der Waals surface area contributed by atoms with Crippen molar-refractivity contribution in [3.05, 3.63) is 28.2 Å². The molecule has 0 aromatic heterocycles. The number of Topliss-reactive ketones (excluding diaryl/α,β-unsaturated/α-hetero) is 1. The fourth-order valence-electron chi connectivity index (χ4n) is 0.998. The van der Waals surface area contributed by atoms with E-state index in [4.69, 9.17) is 23.2 Å². The second kappa shape index (κ2) is 5.64. The Kier molecular flexibility index (Phi) is 4.77. The van der Waals surface area contributed by atoms with Crippen LogP contribution in [0.1, 0.15) is 13.3 Å². The first kappa shape index (κ1) is 12.7. The van der Waals surface area contributed by atoms with Gasteiger partial charge in [0.05, 0.1) is 20.7 Å². The number of rotatable bonds is 4. The number of ketones is 1. The zero-order valence-corrected chi connectivity index (χ0v) is 10.5. The zero-order chi connectivity index (χ0) is 11.4. The monoisotopic (exact) mass is 264 g/mol. The fraction of sp³-hybridized carbons (Fsp3) is 0.300. The van der Waals surface area contributed by atoms with E-state index in [0.29, 0.717) is 14.9 Å². The van der Waals surface area contributed by atoms with Gasteiger partial charge in [-0.05, 0) is 25.1 Å². The Labute approximate surface area is 101 Å². The fourth-order valence-corrected chi connectivity index (χ4v) is 2.85. The molecule has 1 atom stereocenters. The Morgan fingerprint density at radius 3 is 2.67 bits per heavy atom. The van der Waals surface area contributed by atoms with Gasteiger partial charge in [-0.2, -0.15) is 0 Å². The normalized spacial score (nSPS) is 12.5. The van der Waals surface area contributed by atoms with Gasteiger partial charge in [-0.3, -0.25) is 9.00 Å². The van der Waals surface area contributed by atoms with E-state index < -0.39 is 10.8 Å². The Bertz CT molecular complexity index is 404. The number of benzene rings is 1. The molecule has 0 heterocycles. The molecule has 0 saturated carbocycles. The smallest absolute Gasteiger partial charge is 0.130 e. The van der Waals surface area contributed by atoms with Crippen LogP contribution < -0.4 is 0 Å². The summed E-state index contributed by atoms with van der Waals surface area (Å²) in [6.45, 7) is 1.47. The standard InChI is InChI=1S/C10H10Cl2O2S/c1-7(13)4-5-15(14)10-6-8(11)2-3-9(10)12/h2-3,6H,4-5H2,1H3. The van der Waals surface area contributed by atoms with Crippen LogP contribution in [0.25, 0.3) is 0 Å². The summed E-state index contributed by atoms with van der Waals surface area (Å²) in [5.74, 6) is 0.302. The predicted octanol–water partition coefficient (Wildman–Crippen LogP) is 3.08. The van der Waals surface area contributed by atoms with Crippen LogP contribution in [0.15, 0.2) is 23.1 Å². The SMILES string of the molecule is CC(=O)CCS(=O)c1cc(Cl)ccc1Cl. The molecule has 0 fully saturated rings. The second-order valence-corrected chi connectivity index (χ2v) is 5.46. The van der Waals surface area contributed by atoms with E-state index in [1.54, 1.807) is 18.2 Å². The van der Waals surface area contributed by atoms with Gasteiger partial charge in [-0.15, -0.1) is 0 Å². The number of carbonyl (C=O) groups excluding carboxylic acids is 1. The minimum Gasteiger partial charge on any atom is -0.300 e. The molecule has 0 spiro atoms. The molecule has 0 bridgehead atoms. The average Bonchev–Trinajstić information content (AvgIpc) is 2.18. The zero-order valence-electron chi connectivity index (χ0n) is 8.13. The molecule has 1 rings (SSSR count). The number of hydrogen-bond acceptors (Lipinski definition) is 2. The van der Waals surface area contributed by atoms with E-state index in [1.165, 1.54) is 6.92 Å². The highest BCUT2D eigenvalue weighted by Crippen LogP contribution is 2.24. The van der Waals surface area contributed by atoms with Gasteiger partial charge in [0.2, 0.25) is 0 Å². The Hall–Kier alpha value is -0.380. The lowest BCUT2D eigenvalue weighted by atomic mass is 10.3. The van der Waals surface area contributed by atoms with Crippen LogP contribution in [0.4, 0.5) is 0 Å². The molecule has 0 radical (unpaired) electrons. The van der Waals surface area contributed by atoms with Crippen molar-refractivity contribution >= 4 is 39.8 Å². The molecular weight excluding hydrogens is 255 g/mol. The quantitative estimate of drug-likeness (QED) is 0.838. The van der Waals surface area contributed by atoms with Crippen molar-refractivity contribution in [2.75, 3.05) is 5.75 Å². The van der Waals surface area contributed by atoms with E-state index in [-0.39, 0.29) is 18.0 Å². The summed E-state index contributed by atoms with van der Waals surface area (Å²) < 4.78 is 11.7. The van der Waals surface area contributed by atoms with Crippen molar-refractivity contribution in [2.24, 2.45) is 0 Å². The van der Waals surface area contributed by atoms with E-state index >= 15 is 0 Å². The molecule has 0 amide bonds. The maximum Gasteiger partial charge on any atom is 0.130 e. The summed E-state index contributed by atoms with van der Waals surface area (Å²) in [4.78, 5) is 11.2. The molecule has 15 heavy (non-hydrogen) atoms. The van der Waals surface area contributed by atoms with Crippen LogP contribution in [0.2, 0.25) is 10.0 Å². The third kappa shape index (κ3) is 3.93. The highest BCUT2D eigenvalue weighted by molar-refractivity contribution is 7.85. The van der Waals surface area contributed by atoms with Crippen LogP contribution in [0, 0.1) is 0 Å². The van der Waals surface area contributed by atoms with Gasteiger partial charge < -0.3 is 0 Å². The molecule has 82 valence electrons. The van der Waals surface area contributed by atoms with E-state index in [0.717, 1.165) is 0 Å². The molecule has 1 aromatic carbocycles. The maximum atomic E-state index is 11.7. The van der Waals surface area contributed by atoms with E-state index in [2.05, 4.69) is 0 Å². The van der Waals surface area contributed by atoms with Crippen molar-refractivity contribution in [1.29, 1.82) is 0 Å². The summed E-state index contributed by atoms with van der Waals surface area (Å²) in [6.07, 6.45) is 0.287. The topological polar surface area (TPSA) is 34.1 Å². The molecule has 0 aliphatic heterocycles. The summed E-state index contributed by atoms with van der Waals surface area (Å²) in [5, 5.41) is 0.909. The predicted molar refractivity (Wildman–Crippen MR) is 63.0 cm³/mol. The van der Waals surface area contributed by atoms with Gasteiger partial charge in [0.25, 0.3) is 0 Å². The number of halogens is 2. The van der Waals surface area contributed by atoms with Crippen molar-refractivity contribution in [3.63, 3.8) is 0 Å². The molecular formula is C10H10Cl2O2S. The highest BCUT2D eigenvalue weighted by Gasteiger charge is 2.10. The van der Waals surface area contributed by atoms with Gasteiger partial charge in [0, 0.05) is 17.2 Å². The van der Waals surface area contributed by atoms with Gasteiger partial charge >= 0.3 is 0 Å². The van der Waals surface area contributed by atoms with Crippen molar-refractivity contribution in [3.8, 4) is 0 Å². The second-order valence-electron chi connectivity index (χ2n) is 3.08. The summed E-state index contributed by atoms with van der Waals surface area (Å²) in [6, 6.07) is 4.81. The summed E-state index contributed by atoms with van der Waals surface area (Å²) in [5.41, 5.74) is 0. The van der Waals surface area contributed by atoms with E-state index in [1.807, 2.05) is 0 Å². The first-order valence-corrected chi connectivity index (χ1v) is 6.41. The molecule has 2 nitrogen and oxygen atoms in total. The van der Waals surface area contributed by atoms with Gasteiger partial charge in [0.1, 0.15) is 5.78 Å². The lowest BCUT2D eigenvalue weighted by Crippen LogP contribution is -2.03. The van der Waals surface area contributed by atoms with Crippen LogP contribution in [-0.2, 0) is 15.6 Å². The molecule has 5 heteroatoms. The van der Waals surface area contributed by atoms with Crippen LogP contribution >= 0.6 is 23.2 Å². The van der Waals surface area contributed by atoms with Crippen molar-refractivity contribution in [1.82, 2.24) is 0 Å². The van der Waals surface area contributed by atoms with Gasteiger partial charge in [0.15, 0.2) is 0 Å². The Morgan fingerprint density at radius 1 is 1.40 bits per heavy atom. The Balaban J connectivity index is 2.81. The minimum absolute atomic E-state index is 0.0153. The van der Waals surface area contributed by atoms with Gasteiger partial charge in [-0.25, -0.2) is 0 Å². The molecule has 0 saturated heterocycles. The third-order valence-electron chi connectivity index (χ3n) is 1.78. The molecule has 0 aliphatic rings. The minimum atomic E-state index is -1.26. The molecule has 0 aliphatic carbocycles. The number of carbonyl (C=O) groups is 1. The summed E-state index contributed by atoms with van der Waals surface area (Å²) >= 11 is 11.6.